The predicted octanol–water partition coefficient (Wildman–Crippen LogP) is 2.68. The molecule has 0 radical (unpaired) electrons. The van der Waals surface area contributed by atoms with E-state index in [0.717, 1.165) is 51.5 Å². The second-order valence-electron chi connectivity index (χ2n) is 7.36. The van der Waals surface area contributed by atoms with Gasteiger partial charge >= 0.3 is 0 Å². The van der Waals surface area contributed by atoms with Crippen LogP contribution in [0.1, 0.15) is 60.8 Å². The van der Waals surface area contributed by atoms with Gasteiger partial charge in [-0.2, -0.15) is 0 Å². The molecule has 6 nitrogen and oxygen atoms in total. The lowest BCUT2D eigenvalue weighted by Gasteiger charge is -2.30. The van der Waals surface area contributed by atoms with Crippen LogP contribution in [0.4, 0.5) is 0 Å². The third kappa shape index (κ3) is 8.88. The molecule has 1 fully saturated rings. The van der Waals surface area contributed by atoms with Gasteiger partial charge < -0.3 is 15.5 Å². The van der Waals surface area contributed by atoms with Crippen LogP contribution in [0.15, 0.2) is 4.99 Å². The zero-order chi connectivity index (χ0) is 18.8. The lowest BCUT2D eigenvalue weighted by molar-refractivity contribution is -0.129. The van der Waals surface area contributed by atoms with Crippen molar-refractivity contribution in [3.05, 3.63) is 0 Å². The van der Waals surface area contributed by atoms with Crippen molar-refractivity contribution in [2.24, 2.45) is 4.99 Å². The number of rotatable bonds is 9. The summed E-state index contributed by atoms with van der Waals surface area (Å²) >= 11 is 0. The average Bonchev–Trinajstić information content (AvgIpc) is 3.01. The summed E-state index contributed by atoms with van der Waals surface area (Å²) in [4.78, 5) is 21.0. The second-order valence-corrected chi connectivity index (χ2v) is 7.36. The number of likely N-dealkylation sites (tertiary alicyclic amines) is 1. The molecule has 1 unspecified atom stereocenters. The molecular formula is C19H40IN5O. The number of halogens is 1. The van der Waals surface area contributed by atoms with Gasteiger partial charge in [0.05, 0.1) is 0 Å². The van der Waals surface area contributed by atoms with Gasteiger partial charge in [-0.3, -0.25) is 14.7 Å². The average molecular weight is 481 g/mol. The molecule has 0 spiro atoms. The van der Waals surface area contributed by atoms with Gasteiger partial charge in [0.1, 0.15) is 0 Å². The maximum atomic E-state index is 11.8. The summed E-state index contributed by atoms with van der Waals surface area (Å²) in [5.41, 5.74) is 0. The van der Waals surface area contributed by atoms with Gasteiger partial charge in [0, 0.05) is 57.3 Å². The summed E-state index contributed by atoms with van der Waals surface area (Å²) in [6.07, 6.45) is 2.63. The van der Waals surface area contributed by atoms with Crippen molar-refractivity contribution >= 4 is 35.8 Å². The van der Waals surface area contributed by atoms with Crippen molar-refractivity contribution in [2.75, 3.05) is 32.7 Å². The van der Waals surface area contributed by atoms with Gasteiger partial charge in [-0.1, -0.05) is 6.92 Å². The van der Waals surface area contributed by atoms with Gasteiger partial charge in [-0.25, -0.2) is 0 Å². The Morgan fingerprint density at radius 1 is 1.23 bits per heavy atom. The van der Waals surface area contributed by atoms with Crippen LogP contribution < -0.4 is 10.6 Å². The highest BCUT2D eigenvalue weighted by atomic mass is 127. The van der Waals surface area contributed by atoms with Crippen molar-refractivity contribution in [1.29, 1.82) is 0 Å². The molecule has 0 aromatic carbocycles. The van der Waals surface area contributed by atoms with E-state index < -0.39 is 0 Å². The van der Waals surface area contributed by atoms with E-state index in [-0.39, 0.29) is 29.9 Å². The summed E-state index contributed by atoms with van der Waals surface area (Å²) in [6, 6.07) is 1.43. The third-order valence-electron chi connectivity index (χ3n) is 4.70. The van der Waals surface area contributed by atoms with Crippen molar-refractivity contribution in [3.8, 4) is 0 Å². The van der Waals surface area contributed by atoms with E-state index in [9.17, 15) is 4.79 Å². The summed E-state index contributed by atoms with van der Waals surface area (Å²) in [6.45, 7) is 17.4. The Labute approximate surface area is 177 Å². The van der Waals surface area contributed by atoms with Crippen LogP contribution >= 0.6 is 24.0 Å². The number of carbonyl (C=O) groups is 1. The van der Waals surface area contributed by atoms with Crippen LogP contribution in [0.5, 0.6) is 0 Å². The number of hydrogen-bond donors (Lipinski definition) is 2. The fourth-order valence-electron chi connectivity index (χ4n) is 3.40. The first-order chi connectivity index (χ1) is 11.9. The fraction of sp³-hybridized carbons (Fsp3) is 0.895. The van der Waals surface area contributed by atoms with E-state index in [2.05, 4.69) is 50.2 Å². The molecule has 1 rings (SSSR count). The Morgan fingerprint density at radius 2 is 1.88 bits per heavy atom. The zero-order valence-electron chi connectivity index (χ0n) is 17.5. The molecule has 0 aromatic rings. The topological polar surface area (TPSA) is 60.0 Å². The van der Waals surface area contributed by atoms with Crippen LogP contribution in [-0.4, -0.2) is 72.5 Å². The summed E-state index contributed by atoms with van der Waals surface area (Å²) in [7, 11) is 0. The molecule has 0 aromatic heterocycles. The first kappa shape index (κ1) is 25.4. The summed E-state index contributed by atoms with van der Waals surface area (Å²) < 4.78 is 0. The molecule has 1 saturated heterocycles. The number of carbonyl (C=O) groups excluding carboxylic acids is 1. The summed E-state index contributed by atoms with van der Waals surface area (Å²) in [5.74, 6) is 1.12. The van der Waals surface area contributed by atoms with Crippen molar-refractivity contribution in [2.45, 2.75) is 78.9 Å². The molecule has 0 saturated carbocycles. The number of amides is 1. The molecular weight excluding hydrogens is 441 g/mol. The highest BCUT2D eigenvalue weighted by Crippen LogP contribution is 2.10. The van der Waals surface area contributed by atoms with Crippen LogP contribution in [0.25, 0.3) is 0 Å². The van der Waals surface area contributed by atoms with Crippen LogP contribution in [0.2, 0.25) is 0 Å². The van der Waals surface area contributed by atoms with Gasteiger partial charge in [0.25, 0.3) is 0 Å². The van der Waals surface area contributed by atoms with E-state index >= 15 is 0 Å². The Morgan fingerprint density at radius 3 is 2.42 bits per heavy atom. The van der Waals surface area contributed by atoms with Gasteiger partial charge in [-0.05, 0) is 47.5 Å². The van der Waals surface area contributed by atoms with Crippen molar-refractivity contribution < 1.29 is 4.79 Å². The molecule has 154 valence electrons. The first-order valence-corrected chi connectivity index (χ1v) is 9.97. The Bertz CT molecular complexity index is 420. The van der Waals surface area contributed by atoms with Crippen LogP contribution in [0, 0.1) is 0 Å². The monoisotopic (exact) mass is 481 g/mol. The minimum atomic E-state index is 0. The van der Waals surface area contributed by atoms with E-state index in [1.807, 2.05) is 11.8 Å². The quantitative estimate of drug-likeness (QED) is 0.230. The van der Waals surface area contributed by atoms with Crippen LogP contribution in [0.3, 0.4) is 0 Å². The molecule has 1 amide bonds. The van der Waals surface area contributed by atoms with E-state index in [0.29, 0.717) is 24.5 Å². The lowest BCUT2D eigenvalue weighted by Crippen LogP contribution is -2.45. The Hall–Kier alpha value is -0.570. The minimum Gasteiger partial charge on any atom is -0.357 e. The van der Waals surface area contributed by atoms with Crippen molar-refractivity contribution in [3.63, 3.8) is 0 Å². The highest BCUT2D eigenvalue weighted by Gasteiger charge is 2.25. The number of aliphatic imine (C=N–C) groups is 1. The second kappa shape index (κ2) is 13.6. The lowest BCUT2D eigenvalue weighted by atomic mass is 10.2. The number of nitrogens with zero attached hydrogens (tertiary/aromatic N) is 3. The maximum absolute atomic E-state index is 11.8. The fourth-order valence-corrected chi connectivity index (χ4v) is 3.40. The Kier molecular flexibility index (Phi) is 13.3. The molecule has 2 N–H and O–H groups in total. The molecule has 0 aliphatic carbocycles. The van der Waals surface area contributed by atoms with Crippen molar-refractivity contribution in [1.82, 2.24) is 20.4 Å². The molecule has 1 aliphatic heterocycles. The van der Waals surface area contributed by atoms with E-state index in [1.165, 1.54) is 0 Å². The number of nitrogens with one attached hydrogen (secondary N) is 2. The molecule has 0 bridgehead atoms. The minimum absolute atomic E-state index is 0. The normalized spacial score (nSPS) is 17.8. The zero-order valence-corrected chi connectivity index (χ0v) is 19.9. The Balaban J connectivity index is 0.00000625. The predicted molar refractivity (Wildman–Crippen MR) is 121 cm³/mol. The number of guanidine groups is 1. The van der Waals surface area contributed by atoms with Crippen LogP contribution in [-0.2, 0) is 4.79 Å². The maximum Gasteiger partial charge on any atom is 0.222 e. The molecule has 1 heterocycles. The standard InChI is InChI=1S/C19H39N5O.HI/c1-7-18(25)23-13-10-17(14-23)22-19(20-8-2)21-11-9-12-24(15(3)4)16(5)6;/h15-17H,7-14H2,1-6H3,(H2,20,21,22);1H. The van der Waals surface area contributed by atoms with E-state index in [4.69, 9.17) is 4.99 Å². The third-order valence-corrected chi connectivity index (χ3v) is 4.70. The number of hydrogen-bond acceptors (Lipinski definition) is 3. The van der Waals surface area contributed by atoms with E-state index in [1.54, 1.807) is 0 Å². The largest absolute Gasteiger partial charge is 0.357 e. The molecule has 1 aliphatic rings. The highest BCUT2D eigenvalue weighted by molar-refractivity contribution is 14.0. The summed E-state index contributed by atoms with van der Waals surface area (Å²) in [5, 5.41) is 6.81. The smallest absolute Gasteiger partial charge is 0.222 e. The SMILES string of the molecule is CCNC(=NCCCN(C(C)C)C(C)C)NC1CCN(C(=O)CC)C1.I. The molecule has 26 heavy (non-hydrogen) atoms. The first-order valence-electron chi connectivity index (χ1n) is 9.97. The molecule has 7 heteroatoms. The van der Waals surface area contributed by atoms with Gasteiger partial charge in [-0.15, -0.1) is 24.0 Å². The van der Waals surface area contributed by atoms with Gasteiger partial charge in [0.2, 0.25) is 5.91 Å². The van der Waals surface area contributed by atoms with Gasteiger partial charge in [0.15, 0.2) is 5.96 Å². The molecule has 1 atom stereocenters.